The van der Waals surface area contributed by atoms with Gasteiger partial charge in [-0.15, -0.1) is 6.07 Å². The van der Waals surface area contributed by atoms with Gasteiger partial charge in [0.15, 0.2) is 5.82 Å². The summed E-state index contributed by atoms with van der Waals surface area (Å²) in [4.78, 5) is 22.0. The zero-order chi connectivity index (χ0) is 14.7. The van der Waals surface area contributed by atoms with E-state index in [1.165, 1.54) is 0 Å². The molecule has 6 nitrogen and oxygen atoms in total. The van der Waals surface area contributed by atoms with Crippen LogP contribution in [0.2, 0.25) is 0 Å². The zero-order valence-corrected chi connectivity index (χ0v) is 15.3. The predicted octanol–water partition coefficient (Wildman–Crippen LogP) is -1.35. The molecular weight excluding hydrogens is 305 g/mol. The number of hydrogen-bond acceptors (Lipinski definition) is 6. The Hall–Kier alpha value is -1.31. The van der Waals surface area contributed by atoms with E-state index in [-0.39, 0.29) is 46.8 Å². The molecule has 2 aromatic rings. The fraction of sp³-hybridized carbons (Fsp3) is 0.312. The van der Waals surface area contributed by atoms with Crippen LogP contribution in [-0.4, -0.2) is 48.0 Å². The van der Waals surface area contributed by atoms with Crippen LogP contribution in [0.15, 0.2) is 36.4 Å². The maximum atomic E-state index is 11.0. The number of anilines is 1. The summed E-state index contributed by atoms with van der Waals surface area (Å²) in [5.74, 6) is 1.30. The first-order chi connectivity index (χ1) is 10.3. The Labute approximate surface area is 157 Å². The normalized spacial score (nSPS) is 16.4. The van der Waals surface area contributed by atoms with Gasteiger partial charge in [0.2, 0.25) is 0 Å². The van der Waals surface area contributed by atoms with E-state index in [1.54, 1.807) is 13.2 Å². The Bertz CT molecular complexity index is 640. The predicted molar refractivity (Wildman–Crippen MR) is 81.8 cm³/mol. The van der Waals surface area contributed by atoms with E-state index in [2.05, 4.69) is 14.9 Å². The molecule has 3 rings (SSSR count). The minimum atomic E-state index is 0. The van der Waals surface area contributed by atoms with Gasteiger partial charge >= 0.3 is 29.6 Å². The molecule has 0 bridgehead atoms. The molecule has 1 aliphatic rings. The molecule has 2 heterocycles. The van der Waals surface area contributed by atoms with E-state index in [9.17, 15) is 4.79 Å². The number of rotatable bonds is 4. The monoisotopic (exact) mass is 322 g/mol. The summed E-state index contributed by atoms with van der Waals surface area (Å²) in [6, 6.07) is 11.3. The molecule has 0 unspecified atom stereocenters. The zero-order valence-electron chi connectivity index (χ0n) is 13.3. The summed E-state index contributed by atoms with van der Waals surface area (Å²) >= 11 is 0. The molecule has 1 atom stereocenters. The van der Waals surface area contributed by atoms with E-state index >= 15 is 0 Å². The van der Waals surface area contributed by atoms with Gasteiger partial charge in [-0.1, -0.05) is 36.0 Å². The quantitative estimate of drug-likeness (QED) is 0.511. The van der Waals surface area contributed by atoms with Crippen molar-refractivity contribution in [3.63, 3.8) is 0 Å². The number of benzene rings is 1. The summed E-state index contributed by atoms with van der Waals surface area (Å²) in [7, 11) is 1.72. The third-order valence-corrected chi connectivity index (χ3v) is 3.65. The topological polar surface area (TPSA) is 85.3 Å². The molecular formula is C16H17N3NaO3-. The van der Waals surface area contributed by atoms with E-state index in [4.69, 9.17) is 4.74 Å². The van der Waals surface area contributed by atoms with Gasteiger partial charge in [-0.2, -0.15) is 0 Å². The summed E-state index contributed by atoms with van der Waals surface area (Å²) in [6.07, 6.45) is 3.04. The van der Waals surface area contributed by atoms with E-state index < -0.39 is 0 Å². The standard InChI is InChI=1S/C16H16N3O2.Na.H2O/c1-21-14-7-8-19(10-14)15-9-13(11-20)17-16(18-15)12-5-3-2-4-6-12;;/h2-6,9,14H,7-8,10H2,1H3;;1H2/q-1;+1;/p-1/t14-;;/m0../s1. The number of hydrogen-bond donors (Lipinski definition) is 0. The second kappa shape index (κ2) is 9.10. The minimum absolute atomic E-state index is 0. The van der Waals surface area contributed by atoms with Gasteiger partial charge in [0.1, 0.15) is 0 Å². The molecule has 1 N–H and O–H groups in total. The first-order valence-corrected chi connectivity index (χ1v) is 6.90. The van der Waals surface area contributed by atoms with Crippen molar-refractivity contribution < 1.29 is 44.6 Å². The third-order valence-electron chi connectivity index (χ3n) is 3.65. The minimum Gasteiger partial charge on any atom is -0.870 e. The summed E-state index contributed by atoms with van der Waals surface area (Å²) < 4.78 is 5.37. The Morgan fingerprint density at radius 1 is 1.26 bits per heavy atom. The van der Waals surface area contributed by atoms with E-state index in [0.717, 1.165) is 30.9 Å². The molecule has 1 aromatic heterocycles. The van der Waals surface area contributed by atoms with Crippen LogP contribution in [0.3, 0.4) is 0 Å². The van der Waals surface area contributed by atoms with Gasteiger partial charge in [0.25, 0.3) is 0 Å². The second-order valence-corrected chi connectivity index (χ2v) is 5.00. The van der Waals surface area contributed by atoms with E-state index in [0.29, 0.717) is 5.82 Å². The number of ether oxygens (including phenoxy) is 1. The number of aromatic nitrogens is 2. The van der Waals surface area contributed by atoms with Crippen molar-refractivity contribution >= 4 is 12.1 Å². The molecule has 0 spiro atoms. The van der Waals surface area contributed by atoms with Crippen LogP contribution in [0.1, 0.15) is 12.1 Å². The van der Waals surface area contributed by atoms with Crippen LogP contribution in [0.5, 0.6) is 0 Å². The molecule has 1 aromatic carbocycles. The maximum Gasteiger partial charge on any atom is 1.00 e. The summed E-state index contributed by atoms with van der Waals surface area (Å²) in [5, 5.41) is 0. The number of methoxy groups -OCH3 is 1. The van der Waals surface area contributed by atoms with Crippen LogP contribution in [0.4, 0.5) is 5.82 Å². The first kappa shape index (κ1) is 19.7. The van der Waals surface area contributed by atoms with Gasteiger partial charge in [-0.05, 0) is 6.42 Å². The smallest absolute Gasteiger partial charge is 0.870 e. The second-order valence-electron chi connectivity index (χ2n) is 5.00. The van der Waals surface area contributed by atoms with Gasteiger partial charge in [-0.25, -0.2) is 4.98 Å². The summed E-state index contributed by atoms with van der Waals surface area (Å²) in [6.45, 7) is 1.64. The SMILES string of the molecule is CO[C@H]1CCN(c2cc([C-]=O)nc(-c3ccccc3)n2)C1.[Na+].[OH-]. The molecule has 116 valence electrons. The Morgan fingerprint density at radius 2 is 2.00 bits per heavy atom. The molecule has 0 aliphatic carbocycles. The van der Waals surface area contributed by atoms with Crippen molar-refractivity contribution in [3.05, 3.63) is 42.1 Å². The molecule has 23 heavy (non-hydrogen) atoms. The van der Waals surface area contributed by atoms with Crippen molar-refractivity contribution in [3.8, 4) is 11.4 Å². The van der Waals surface area contributed by atoms with Gasteiger partial charge in [0.05, 0.1) is 11.9 Å². The number of nitrogens with zero attached hydrogens (tertiary/aromatic N) is 3. The average Bonchev–Trinajstić information content (AvgIpc) is 3.04. The molecule has 0 saturated carbocycles. The van der Waals surface area contributed by atoms with Crippen LogP contribution < -0.4 is 34.5 Å². The Balaban J connectivity index is 0.00000132. The van der Waals surface area contributed by atoms with Crippen molar-refractivity contribution in [1.29, 1.82) is 0 Å². The van der Waals surface area contributed by atoms with Gasteiger partial charge < -0.3 is 19.9 Å². The van der Waals surface area contributed by atoms with Crippen molar-refractivity contribution in [2.75, 3.05) is 25.1 Å². The third kappa shape index (κ3) is 4.59. The number of carbonyl (C=O) groups excluding carboxylic acids is 1. The van der Waals surface area contributed by atoms with Crippen molar-refractivity contribution in [2.24, 2.45) is 0 Å². The molecule has 7 heteroatoms. The first-order valence-electron chi connectivity index (χ1n) is 6.90. The van der Waals surface area contributed by atoms with Crippen LogP contribution in [0.25, 0.3) is 11.4 Å². The van der Waals surface area contributed by atoms with Crippen LogP contribution >= 0.6 is 0 Å². The van der Waals surface area contributed by atoms with Crippen molar-refractivity contribution in [2.45, 2.75) is 12.5 Å². The molecule has 1 saturated heterocycles. The van der Waals surface area contributed by atoms with Crippen LogP contribution in [-0.2, 0) is 9.53 Å². The average molecular weight is 322 g/mol. The van der Waals surface area contributed by atoms with Crippen molar-refractivity contribution in [1.82, 2.24) is 9.97 Å². The van der Waals surface area contributed by atoms with E-state index in [1.807, 2.05) is 36.6 Å². The largest absolute Gasteiger partial charge is 1.00 e. The molecule has 0 amide bonds. The Morgan fingerprint density at radius 3 is 2.61 bits per heavy atom. The van der Waals surface area contributed by atoms with Crippen LogP contribution in [0, 0.1) is 0 Å². The maximum absolute atomic E-state index is 11.0. The van der Waals surface area contributed by atoms with Gasteiger partial charge in [0, 0.05) is 32.0 Å². The van der Waals surface area contributed by atoms with Gasteiger partial charge in [-0.3, -0.25) is 4.98 Å². The molecule has 1 aliphatic heterocycles. The summed E-state index contributed by atoms with van der Waals surface area (Å²) in [5.41, 5.74) is 1.16. The fourth-order valence-electron chi connectivity index (χ4n) is 2.49. The molecule has 0 radical (unpaired) electrons. The fourth-order valence-corrected chi connectivity index (χ4v) is 2.49. The Kier molecular flexibility index (Phi) is 7.81. The molecule has 1 fully saturated rings.